The molecule has 1 unspecified atom stereocenters. The third-order valence-corrected chi connectivity index (χ3v) is 5.87. The van der Waals surface area contributed by atoms with E-state index >= 15 is 0 Å². The van der Waals surface area contributed by atoms with Crippen LogP contribution in [0.5, 0.6) is 0 Å². The molecule has 0 amide bonds. The van der Waals surface area contributed by atoms with E-state index in [0.29, 0.717) is 11.1 Å². The zero-order valence-corrected chi connectivity index (χ0v) is 12.3. The standard InChI is InChI=1S/C16H30N2/c1-3-15(2)13-18(11-8-14-6-7-14)16(12-17-15)9-4-5-10-16/h14,17H,3-13H2,1-2H3. The maximum atomic E-state index is 3.87. The molecule has 2 aliphatic carbocycles. The number of hydrogen-bond acceptors (Lipinski definition) is 2. The molecule has 18 heavy (non-hydrogen) atoms. The van der Waals surface area contributed by atoms with Crippen molar-refractivity contribution in [1.82, 2.24) is 10.2 Å². The van der Waals surface area contributed by atoms with Crippen molar-refractivity contribution in [3.05, 3.63) is 0 Å². The Hall–Kier alpha value is -0.0800. The fourth-order valence-electron chi connectivity index (χ4n) is 3.96. The van der Waals surface area contributed by atoms with E-state index in [-0.39, 0.29) is 0 Å². The highest BCUT2D eigenvalue weighted by atomic mass is 15.3. The van der Waals surface area contributed by atoms with Crippen LogP contribution in [-0.2, 0) is 0 Å². The van der Waals surface area contributed by atoms with Crippen LogP contribution in [0, 0.1) is 5.92 Å². The molecule has 2 saturated carbocycles. The normalized spacial score (nSPS) is 36.3. The number of rotatable bonds is 4. The second-order valence-corrected chi connectivity index (χ2v) is 7.35. The second-order valence-electron chi connectivity index (χ2n) is 7.35. The van der Waals surface area contributed by atoms with Crippen LogP contribution in [0.1, 0.15) is 65.2 Å². The minimum atomic E-state index is 0.359. The highest BCUT2D eigenvalue weighted by Crippen LogP contribution is 2.40. The average molecular weight is 250 g/mol. The number of piperazine rings is 1. The number of nitrogens with zero attached hydrogens (tertiary/aromatic N) is 1. The van der Waals surface area contributed by atoms with Crippen LogP contribution in [0.25, 0.3) is 0 Å². The van der Waals surface area contributed by atoms with Crippen molar-refractivity contribution in [3.8, 4) is 0 Å². The largest absolute Gasteiger partial charge is 0.308 e. The Morgan fingerprint density at radius 1 is 1.22 bits per heavy atom. The van der Waals surface area contributed by atoms with Gasteiger partial charge < -0.3 is 5.32 Å². The average Bonchev–Trinajstić information content (AvgIpc) is 3.09. The highest BCUT2D eigenvalue weighted by Gasteiger charge is 2.46. The third-order valence-electron chi connectivity index (χ3n) is 5.87. The molecule has 2 nitrogen and oxygen atoms in total. The summed E-state index contributed by atoms with van der Waals surface area (Å²) in [6.07, 6.45) is 11.5. The van der Waals surface area contributed by atoms with E-state index in [1.54, 1.807) is 0 Å². The molecular formula is C16H30N2. The van der Waals surface area contributed by atoms with Gasteiger partial charge in [0.25, 0.3) is 0 Å². The van der Waals surface area contributed by atoms with Gasteiger partial charge in [-0.05, 0) is 45.1 Å². The van der Waals surface area contributed by atoms with Gasteiger partial charge in [0.05, 0.1) is 0 Å². The van der Waals surface area contributed by atoms with Crippen molar-refractivity contribution in [2.75, 3.05) is 19.6 Å². The Morgan fingerprint density at radius 2 is 1.94 bits per heavy atom. The molecule has 2 heteroatoms. The molecule has 0 radical (unpaired) electrons. The van der Waals surface area contributed by atoms with E-state index < -0.39 is 0 Å². The molecule has 104 valence electrons. The van der Waals surface area contributed by atoms with Crippen molar-refractivity contribution >= 4 is 0 Å². The van der Waals surface area contributed by atoms with Crippen LogP contribution < -0.4 is 5.32 Å². The van der Waals surface area contributed by atoms with E-state index in [4.69, 9.17) is 0 Å². The van der Waals surface area contributed by atoms with Gasteiger partial charge in [-0.15, -0.1) is 0 Å². The molecule has 1 atom stereocenters. The monoisotopic (exact) mass is 250 g/mol. The summed E-state index contributed by atoms with van der Waals surface area (Å²) in [5.74, 6) is 1.08. The van der Waals surface area contributed by atoms with Crippen molar-refractivity contribution in [1.29, 1.82) is 0 Å². The first kappa shape index (κ1) is 12.9. The SMILES string of the molecule is CCC1(C)CN(CCC2CC2)C2(CCCC2)CN1. The Morgan fingerprint density at radius 3 is 2.56 bits per heavy atom. The van der Waals surface area contributed by atoms with Gasteiger partial charge in [0.2, 0.25) is 0 Å². The topological polar surface area (TPSA) is 15.3 Å². The lowest BCUT2D eigenvalue weighted by atomic mass is 9.84. The Kier molecular flexibility index (Phi) is 3.44. The summed E-state index contributed by atoms with van der Waals surface area (Å²) >= 11 is 0. The van der Waals surface area contributed by atoms with Crippen LogP contribution >= 0.6 is 0 Å². The minimum Gasteiger partial charge on any atom is -0.308 e. The quantitative estimate of drug-likeness (QED) is 0.824. The van der Waals surface area contributed by atoms with Crippen LogP contribution in [0.4, 0.5) is 0 Å². The molecule has 1 N–H and O–H groups in total. The Labute approximate surface area is 113 Å². The maximum absolute atomic E-state index is 3.87. The van der Waals surface area contributed by atoms with Crippen LogP contribution in [0.2, 0.25) is 0 Å². The molecule has 1 aliphatic heterocycles. The molecule has 0 aromatic rings. The van der Waals surface area contributed by atoms with Gasteiger partial charge in [-0.25, -0.2) is 0 Å². The smallest absolute Gasteiger partial charge is 0.0334 e. The van der Waals surface area contributed by atoms with E-state index in [9.17, 15) is 0 Å². The third kappa shape index (κ3) is 2.46. The fourth-order valence-corrected chi connectivity index (χ4v) is 3.96. The molecule has 3 fully saturated rings. The first-order chi connectivity index (χ1) is 8.66. The van der Waals surface area contributed by atoms with E-state index in [2.05, 4.69) is 24.1 Å². The number of nitrogens with one attached hydrogen (secondary N) is 1. The summed E-state index contributed by atoms with van der Waals surface area (Å²) in [6, 6.07) is 0. The molecule has 0 bridgehead atoms. The van der Waals surface area contributed by atoms with Crippen molar-refractivity contribution in [3.63, 3.8) is 0 Å². The van der Waals surface area contributed by atoms with Gasteiger partial charge in [-0.1, -0.05) is 32.6 Å². The Balaban J connectivity index is 1.68. The summed E-state index contributed by atoms with van der Waals surface area (Å²) in [4.78, 5) is 2.89. The Bertz CT molecular complexity index is 291. The van der Waals surface area contributed by atoms with Gasteiger partial charge in [0.15, 0.2) is 0 Å². The molecule has 0 aromatic carbocycles. The minimum absolute atomic E-state index is 0.359. The maximum Gasteiger partial charge on any atom is 0.0334 e. The lowest BCUT2D eigenvalue weighted by Crippen LogP contribution is -2.68. The van der Waals surface area contributed by atoms with Crippen molar-refractivity contribution < 1.29 is 0 Å². The second kappa shape index (κ2) is 4.79. The first-order valence-electron chi connectivity index (χ1n) is 8.16. The predicted molar refractivity (Wildman–Crippen MR) is 76.8 cm³/mol. The van der Waals surface area contributed by atoms with E-state index in [1.807, 2.05) is 0 Å². The predicted octanol–water partition coefficient (Wildman–Crippen LogP) is 3.17. The van der Waals surface area contributed by atoms with Gasteiger partial charge in [-0.2, -0.15) is 0 Å². The zero-order chi connectivity index (χ0) is 12.6. The van der Waals surface area contributed by atoms with Gasteiger partial charge in [-0.3, -0.25) is 4.90 Å². The first-order valence-corrected chi connectivity index (χ1v) is 8.16. The lowest BCUT2D eigenvalue weighted by molar-refractivity contribution is 0.0101. The fraction of sp³-hybridized carbons (Fsp3) is 1.00. The molecule has 3 aliphatic rings. The number of hydrogen-bond donors (Lipinski definition) is 1. The van der Waals surface area contributed by atoms with Crippen molar-refractivity contribution in [2.24, 2.45) is 5.92 Å². The van der Waals surface area contributed by atoms with Gasteiger partial charge in [0.1, 0.15) is 0 Å². The summed E-state index contributed by atoms with van der Waals surface area (Å²) in [5.41, 5.74) is 0.890. The molecule has 3 rings (SSSR count). The van der Waals surface area contributed by atoms with E-state index in [1.165, 1.54) is 71.0 Å². The summed E-state index contributed by atoms with van der Waals surface area (Å²) in [5, 5.41) is 3.87. The molecule has 0 aromatic heterocycles. The van der Waals surface area contributed by atoms with Crippen LogP contribution in [-0.4, -0.2) is 35.6 Å². The summed E-state index contributed by atoms with van der Waals surface area (Å²) < 4.78 is 0. The molecule has 1 spiro atoms. The van der Waals surface area contributed by atoms with Crippen molar-refractivity contribution in [2.45, 2.75) is 76.3 Å². The zero-order valence-electron chi connectivity index (χ0n) is 12.3. The molecular weight excluding hydrogens is 220 g/mol. The summed E-state index contributed by atoms with van der Waals surface area (Å²) in [7, 11) is 0. The summed E-state index contributed by atoms with van der Waals surface area (Å²) in [6.45, 7) is 8.62. The highest BCUT2D eigenvalue weighted by molar-refractivity contribution is 5.05. The van der Waals surface area contributed by atoms with Crippen LogP contribution in [0.15, 0.2) is 0 Å². The van der Waals surface area contributed by atoms with Gasteiger partial charge >= 0.3 is 0 Å². The van der Waals surface area contributed by atoms with E-state index in [0.717, 1.165) is 5.92 Å². The molecule has 1 heterocycles. The lowest BCUT2D eigenvalue weighted by Gasteiger charge is -2.52. The van der Waals surface area contributed by atoms with Crippen LogP contribution in [0.3, 0.4) is 0 Å². The molecule has 1 saturated heterocycles. The van der Waals surface area contributed by atoms with Gasteiger partial charge in [0, 0.05) is 24.2 Å².